The van der Waals surface area contributed by atoms with Gasteiger partial charge in [-0.15, -0.1) is 0 Å². The molecule has 0 bridgehead atoms. The smallest absolute Gasteiger partial charge is 0.250 e. The van der Waals surface area contributed by atoms with Crippen LogP contribution in [0, 0.1) is 0 Å². The van der Waals surface area contributed by atoms with E-state index < -0.39 is 6.43 Å². The molecule has 0 aromatic rings. The van der Waals surface area contributed by atoms with Crippen LogP contribution in [-0.4, -0.2) is 43.0 Å². The van der Waals surface area contributed by atoms with E-state index in [1.165, 1.54) is 0 Å². The van der Waals surface area contributed by atoms with Crippen molar-refractivity contribution >= 4 is 0 Å². The van der Waals surface area contributed by atoms with Crippen LogP contribution in [0.3, 0.4) is 0 Å². The van der Waals surface area contributed by atoms with Gasteiger partial charge in [-0.05, 0) is 46.2 Å². The van der Waals surface area contributed by atoms with E-state index in [0.717, 1.165) is 32.4 Å². The molecule has 1 aliphatic rings. The molecular formula is C11H22F2N2. The molecule has 0 spiro atoms. The fourth-order valence-corrected chi connectivity index (χ4v) is 2.09. The van der Waals surface area contributed by atoms with Gasteiger partial charge >= 0.3 is 0 Å². The summed E-state index contributed by atoms with van der Waals surface area (Å²) in [5, 5.41) is 2.94. The molecule has 0 radical (unpaired) electrons. The highest BCUT2D eigenvalue weighted by molar-refractivity contribution is 4.76. The molecular weight excluding hydrogens is 198 g/mol. The Bertz CT molecular complexity index is 174. The Morgan fingerprint density at radius 2 is 2.00 bits per heavy atom. The zero-order valence-corrected chi connectivity index (χ0v) is 9.68. The van der Waals surface area contributed by atoms with Crippen LogP contribution in [0.2, 0.25) is 0 Å². The molecule has 1 N–H and O–H groups in total. The number of nitrogens with one attached hydrogen (secondary N) is 1. The number of nitrogens with zero attached hydrogens (tertiary/aromatic N) is 1. The van der Waals surface area contributed by atoms with E-state index in [-0.39, 0.29) is 12.6 Å². The Labute approximate surface area is 91.0 Å². The second kappa shape index (κ2) is 6.38. The maximum absolute atomic E-state index is 12.0. The fraction of sp³-hybridized carbons (Fsp3) is 1.00. The average Bonchev–Trinajstić information content (AvgIpc) is 2.39. The standard InChI is InChI=1S/C11H22F2N2/c1-9(2)15-6-3-4-10(5-7-15)14-8-11(12)13/h9-11,14H,3-8H2,1-2H3. The van der Waals surface area contributed by atoms with Crippen molar-refractivity contribution in [1.29, 1.82) is 0 Å². The highest BCUT2D eigenvalue weighted by atomic mass is 19.3. The topological polar surface area (TPSA) is 15.3 Å². The summed E-state index contributed by atoms with van der Waals surface area (Å²) in [7, 11) is 0. The van der Waals surface area contributed by atoms with Crippen molar-refractivity contribution in [3.05, 3.63) is 0 Å². The van der Waals surface area contributed by atoms with Crippen molar-refractivity contribution < 1.29 is 8.78 Å². The van der Waals surface area contributed by atoms with Crippen LogP contribution in [0.1, 0.15) is 33.1 Å². The van der Waals surface area contributed by atoms with Gasteiger partial charge in [-0.3, -0.25) is 0 Å². The first-order chi connectivity index (χ1) is 7.09. The first-order valence-electron chi connectivity index (χ1n) is 5.85. The molecule has 90 valence electrons. The molecule has 0 saturated carbocycles. The first kappa shape index (κ1) is 12.8. The van der Waals surface area contributed by atoms with Crippen molar-refractivity contribution in [1.82, 2.24) is 10.2 Å². The summed E-state index contributed by atoms with van der Waals surface area (Å²) >= 11 is 0. The van der Waals surface area contributed by atoms with E-state index in [9.17, 15) is 8.78 Å². The number of hydrogen-bond acceptors (Lipinski definition) is 2. The van der Waals surface area contributed by atoms with Gasteiger partial charge in [-0.2, -0.15) is 0 Å². The van der Waals surface area contributed by atoms with Crippen molar-refractivity contribution in [2.45, 2.75) is 51.6 Å². The molecule has 0 amide bonds. The SMILES string of the molecule is CC(C)N1CCCC(NCC(F)F)CC1. The Morgan fingerprint density at radius 1 is 1.27 bits per heavy atom. The second-order valence-electron chi connectivity index (χ2n) is 4.56. The highest BCUT2D eigenvalue weighted by Crippen LogP contribution is 2.13. The van der Waals surface area contributed by atoms with Gasteiger partial charge in [-0.25, -0.2) is 8.78 Å². The molecule has 1 aliphatic heterocycles. The third-order valence-corrected chi connectivity index (χ3v) is 3.05. The van der Waals surface area contributed by atoms with E-state index in [2.05, 4.69) is 24.1 Å². The van der Waals surface area contributed by atoms with E-state index >= 15 is 0 Å². The maximum atomic E-state index is 12.0. The molecule has 1 saturated heterocycles. The molecule has 1 atom stereocenters. The van der Waals surface area contributed by atoms with Gasteiger partial charge in [0.05, 0.1) is 6.54 Å². The van der Waals surface area contributed by atoms with Crippen LogP contribution in [0.25, 0.3) is 0 Å². The fourth-order valence-electron chi connectivity index (χ4n) is 2.09. The van der Waals surface area contributed by atoms with Crippen molar-refractivity contribution in [3.63, 3.8) is 0 Å². The lowest BCUT2D eigenvalue weighted by Gasteiger charge is -2.24. The molecule has 1 rings (SSSR count). The minimum absolute atomic E-state index is 0.160. The van der Waals surface area contributed by atoms with Gasteiger partial charge in [0.1, 0.15) is 0 Å². The van der Waals surface area contributed by atoms with Gasteiger partial charge in [-0.1, -0.05) is 0 Å². The van der Waals surface area contributed by atoms with Gasteiger partial charge in [0.2, 0.25) is 0 Å². The number of hydrogen-bond donors (Lipinski definition) is 1. The Balaban J connectivity index is 2.26. The minimum Gasteiger partial charge on any atom is -0.309 e. The second-order valence-corrected chi connectivity index (χ2v) is 4.56. The summed E-state index contributed by atoms with van der Waals surface area (Å²) in [6.45, 7) is 6.34. The predicted octanol–water partition coefficient (Wildman–Crippen LogP) is 2.10. The van der Waals surface area contributed by atoms with E-state index in [0.29, 0.717) is 6.04 Å². The van der Waals surface area contributed by atoms with Crippen LogP contribution < -0.4 is 5.32 Å². The van der Waals surface area contributed by atoms with Gasteiger partial charge < -0.3 is 10.2 Å². The summed E-state index contributed by atoms with van der Waals surface area (Å²) in [6, 6.07) is 0.849. The zero-order chi connectivity index (χ0) is 11.3. The molecule has 1 fully saturated rings. The minimum atomic E-state index is -2.23. The molecule has 1 heterocycles. The summed E-state index contributed by atoms with van der Waals surface area (Å²) in [6.07, 6.45) is 0.898. The van der Waals surface area contributed by atoms with Crippen molar-refractivity contribution in [3.8, 4) is 0 Å². The Hall–Kier alpha value is -0.220. The van der Waals surface area contributed by atoms with Gasteiger partial charge in [0.15, 0.2) is 0 Å². The first-order valence-corrected chi connectivity index (χ1v) is 5.85. The molecule has 0 aliphatic carbocycles. The predicted molar refractivity (Wildman–Crippen MR) is 58.4 cm³/mol. The molecule has 15 heavy (non-hydrogen) atoms. The lowest BCUT2D eigenvalue weighted by Crippen LogP contribution is -2.35. The van der Waals surface area contributed by atoms with Crippen molar-refractivity contribution in [2.75, 3.05) is 19.6 Å². The third-order valence-electron chi connectivity index (χ3n) is 3.05. The van der Waals surface area contributed by atoms with Crippen LogP contribution in [0.15, 0.2) is 0 Å². The molecule has 1 unspecified atom stereocenters. The number of alkyl halides is 2. The summed E-state index contributed by atoms with van der Waals surface area (Å²) in [5.74, 6) is 0. The Kier molecular flexibility index (Phi) is 5.47. The zero-order valence-electron chi connectivity index (χ0n) is 9.68. The molecule has 2 nitrogen and oxygen atoms in total. The molecule has 4 heteroatoms. The molecule has 0 aromatic heterocycles. The summed E-state index contributed by atoms with van der Waals surface area (Å²) in [5.41, 5.74) is 0. The molecule has 0 aromatic carbocycles. The van der Waals surface area contributed by atoms with Crippen LogP contribution in [0.5, 0.6) is 0 Å². The monoisotopic (exact) mass is 220 g/mol. The summed E-state index contributed by atoms with van der Waals surface area (Å²) < 4.78 is 24.0. The lowest BCUT2D eigenvalue weighted by atomic mass is 10.1. The normalized spacial score (nSPS) is 24.8. The van der Waals surface area contributed by atoms with Gasteiger partial charge in [0.25, 0.3) is 6.43 Å². The Morgan fingerprint density at radius 3 is 2.60 bits per heavy atom. The van der Waals surface area contributed by atoms with Crippen LogP contribution >= 0.6 is 0 Å². The van der Waals surface area contributed by atoms with E-state index in [4.69, 9.17) is 0 Å². The number of rotatable bonds is 4. The van der Waals surface area contributed by atoms with E-state index in [1.807, 2.05) is 0 Å². The van der Waals surface area contributed by atoms with Crippen LogP contribution in [0.4, 0.5) is 8.78 Å². The lowest BCUT2D eigenvalue weighted by molar-refractivity contribution is 0.139. The van der Waals surface area contributed by atoms with E-state index in [1.54, 1.807) is 0 Å². The number of likely N-dealkylation sites (tertiary alicyclic amines) is 1. The maximum Gasteiger partial charge on any atom is 0.250 e. The van der Waals surface area contributed by atoms with Crippen molar-refractivity contribution in [2.24, 2.45) is 0 Å². The summed E-state index contributed by atoms with van der Waals surface area (Å²) in [4.78, 5) is 2.42. The average molecular weight is 220 g/mol. The number of halogens is 2. The largest absolute Gasteiger partial charge is 0.309 e. The quantitative estimate of drug-likeness (QED) is 0.780. The van der Waals surface area contributed by atoms with Crippen LogP contribution in [-0.2, 0) is 0 Å². The third kappa shape index (κ3) is 4.89. The van der Waals surface area contributed by atoms with Gasteiger partial charge in [0, 0.05) is 12.1 Å². The highest BCUT2D eigenvalue weighted by Gasteiger charge is 2.18.